The number of nitrogens with zero attached hydrogens (tertiary/aromatic N) is 3. The highest BCUT2D eigenvalue weighted by atomic mass is 35.5. The van der Waals surface area contributed by atoms with Crippen LogP contribution in [0.3, 0.4) is 0 Å². The van der Waals surface area contributed by atoms with Crippen LogP contribution >= 0.6 is 34.5 Å². The van der Waals surface area contributed by atoms with Crippen molar-refractivity contribution in [2.75, 3.05) is 0 Å². The molecule has 6 nitrogen and oxygen atoms in total. The fourth-order valence-corrected chi connectivity index (χ4v) is 5.52. The van der Waals surface area contributed by atoms with Gasteiger partial charge in [-0.3, -0.25) is 0 Å². The van der Waals surface area contributed by atoms with Crippen molar-refractivity contribution < 1.29 is 41.4 Å². The van der Waals surface area contributed by atoms with Gasteiger partial charge in [0.05, 0.1) is 11.0 Å². The number of thiazole rings is 1. The lowest BCUT2D eigenvalue weighted by Crippen LogP contribution is -2.28. The second-order valence-corrected chi connectivity index (χ2v) is 11.2. The minimum absolute atomic E-state index is 0.0917. The van der Waals surface area contributed by atoms with Gasteiger partial charge in [0.1, 0.15) is 17.3 Å². The summed E-state index contributed by atoms with van der Waals surface area (Å²) in [6.45, 7) is 0.252. The molecule has 5 aromatic rings. The zero-order valence-corrected chi connectivity index (χ0v) is 24.5. The van der Waals surface area contributed by atoms with E-state index in [0.29, 0.717) is 43.6 Å². The Kier molecular flexibility index (Phi) is 9.93. The van der Waals surface area contributed by atoms with Crippen LogP contribution in [0.4, 0.5) is 26.3 Å². The van der Waals surface area contributed by atoms with Crippen LogP contribution in [-0.2, 0) is 29.8 Å². The van der Waals surface area contributed by atoms with Crippen LogP contribution in [0.15, 0.2) is 78.3 Å². The number of aliphatic carboxylic acids is 1. The van der Waals surface area contributed by atoms with E-state index < -0.39 is 30.3 Å². The van der Waals surface area contributed by atoms with E-state index in [1.807, 2.05) is 6.07 Å². The highest BCUT2D eigenvalue weighted by Crippen LogP contribution is 2.39. The number of carboxylic acids is 1. The van der Waals surface area contributed by atoms with E-state index in [9.17, 15) is 31.4 Å². The first kappa shape index (κ1) is 33.2. The molecule has 0 radical (unpaired) electrons. The Balaban J connectivity index is 0.000000566. The van der Waals surface area contributed by atoms with Gasteiger partial charge in [-0.2, -0.15) is 26.3 Å². The van der Waals surface area contributed by atoms with Crippen molar-refractivity contribution >= 4 is 51.5 Å². The average Bonchev–Trinajstić information content (AvgIpc) is 3.59. The maximum Gasteiger partial charge on any atom is 0.490 e. The predicted octanol–water partition coefficient (Wildman–Crippen LogP) is 8.06. The second kappa shape index (κ2) is 13.1. The van der Waals surface area contributed by atoms with E-state index in [2.05, 4.69) is 9.97 Å². The molecule has 2 aromatic heterocycles. The molecule has 2 N–H and O–H groups in total. The van der Waals surface area contributed by atoms with Crippen LogP contribution in [0.5, 0.6) is 0 Å². The van der Waals surface area contributed by atoms with Crippen molar-refractivity contribution in [3.8, 4) is 0 Å². The van der Waals surface area contributed by atoms with Crippen LogP contribution in [-0.4, -0.2) is 43.1 Å². The minimum Gasteiger partial charge on any atom is -0.475 e. The number of imidazole rings is 1. The summed E-state index contributed by atoms with van der Waals surface area (Å²) in [4.78, 5) is 17.6. The Labute approximate surface area is 260 Å². The maximum absolute atomic E-state index is 13.4. The third kappa shape index (κ3) is 7.89. The van der Waals surface area contributed by atoms with Crippen molar-refractivity contribution in [1.29, 1.82) is 0 Å². The largest absolute Gasteiger partial charge is 0.490 e. The molecule has 1 unspecified atom stereocenters. The first-order chi connectivity index (χ1) is 20.6. The van der Waals surface area contributed by atoms with Gasteiger partial charge in [0.25, 0.3) is 0 Å². The molecular weight excluding hydrogens is 655 g/mol. The Morgan fingerprint density at radius 3 is 2.14 bits per heavy atom. The van der Waals surface area contributed by atoms with Gasteiger partial charge in [-0.05, 0) is 59.5 Å². The molecule has 0 aliphatic heterocycles. The smallest absolute Gasteiger partial charge is 0.475 e. The lowest BCUT2D eigenvalue weighted by molar-refractivity contribution is -0.192. The van der Waals surface area contributed by atoms with E-state index in [1.165, 1.54) is 11.3 Å². The van der Waals surface area contributed by atoms with Gasteiger partial charge in [-0.1, -0.05) is 53.5 Å². The quantitative estimate of drug-likeness (QED) is 0.170. The Hall–Kier alpha value is -3.65. The van der Waals surface area contributed by atoms with Crippen LogP contribution in [0.25, 0.3) is 11.0 Å². The van der Waals surface area contributed by atoms with Gasteiger partial charge in [0.2, 0.25) is 0 Å². The molecule has 0 bridgehead atoms. The molecule has 0 spiro atoms. The van der Waals surface area contributed by atoms with E-state index in [-0.39, 0.29) is 12.4 Å². The molecule has 2 heterocycles. The molecule has 0 aliphatic carbocycles. The topological polar surface area (TPSA) is 88.2 Å². The van der Waals surface area contributed by atoms with Gasteiger partial charge < -0.3 is 14.8 Å². The lowest BCUT2D eigenvalue weighted by atomic mass is 9.86. The Bertz CT molecular complexity index is 1740. The van der Waals surface area contributed by atoms with E-state index in [1.54, 1.807) is 76.8 Å². The van der Waals surface area contributed by atoms with Crippen LogP contribution < -0.4 is 0 Å². The molecule has 15 heteroatoms. The normalized spacial score (nSPS) is 13.3. The van der Waals surface area contributed by atoms with Gasteiger partial charge in [-0.25, -0.2) is 14.8 Å². The number of hydrogen-bond donors (Lipinski definition) is 2. The number of carbonyl (C=O) groups is 1. The summed E-state index contributed by atoms with van der Waals surface area (Å²) in [6, 6.07) is 19.0. The van der Waals surface area contributed by atoms with Gasteiger partial charge in [0.15, 0.2) is 5.60 Å². The van der Waals surface area contributed by atoms with E-state index >= 15 is 0 Å². The minimum atomic E-state index is -5.08. The number of benzene rings is 3. The van der Waals surface area contributed by atoms with Crippen LogP contribution in [0.1, 0.15) is 27.5 Å². The molecule has 232 valence electrons. The third-order valence-electron chi connectivity index (χ3n) is 6.36. The SMILES string of the molecule is O=C(O)C(F)(F)F.OC(c1ccc(Cl)cc1)(c1ccc2nc(CC(F)(F)F)n(CCc3cccc(Cl)c3)c2c1)c1nccs1. The van der Waals surface area contributed by atoms with Crippen molar-refractivity contribution in [3.63, 3.8) is 0 Å². The molecule has 0 saturated heterocycles. The summed E-state index contributed by atoms with van der Waals surface area (Å²) >= 11 is 13.5. The number of alkyl halides is 6. The Morgan fingerprint density at radius 1 is 0.909 bits per heavy atom. The first-order valence-corrected chi connectivity index (χ1v) is 14.2. The number of aromatic nitrogens is 3. The summed E-state index contributed by atoms with van der Waals surface area (Å²) in [6.07, 6.45) is -8.63. The molecule has 1 atom stereocenters. The summed E-state index contributed by atoms with van der Waals surface area (Å²) in [5, 5.41) is 22.4. The maximum atomic E-state index is 13.4. The number of carboxylic acid groups (broad SMARTS) is 1. The first-order valence-electron chi connectivity index (χ1n) is 12.6. The van der Waals surface area contributed by atoms with Gasteiger partial charge in [0, 0.05) is 28.2 Å². The molecular formula is C29H21Cl2F6N3O3S. The number of halogens is 8. The lowest BCUT2D eigenvalue weighted by Gasteiger charge is -2.27. The molecule has 44 heavy (non-hydrogen) atoms. The summed E-state index contributed by atoms with van der Waals surface area (Å²) in [5.74, 6) is -2.85. The summed E-state index contributed by atoms with van der Waals surface area (Å²) in [7, 11) is 0. The van der Waals surface area contributed by atoms with Crippen molar-refractivity contribution in [1.82, 2.24) is 14.5 Å². The van der Waals surface area contributed by atoms with Crippen LogP contribution in [0.2, 0.25) is 10.0 Å². The molecule has 0 fully saturated rings. The predicted molar refractivity (Wildman–Crippen MR) is 154 cm³/mol. The molecule has 0 amide bonds. The number of rotatable bonds is 7. The number of fused-ring (bicyclic) bond motifs is 1. The third-order valence-corrected chi connectivity index (χ3v) is 7.73. The van der Waals surface area contributed by atoms with E-state index in [0.717, 1.165) is 5.56 Å². The van der Waals surface area contributed by atoms with Gasteiger partial charge in [-0.15, -0.1) is 11.3 Å². The highest BCUT2D eigenvalue weighted by Gasteiger charge is 2.39. The molecule has 5 rings (SSSR count). The summed E-state index contributed by atoms with van der Waals surface area (Å²) < 4.78 is 73.6. The monoisotopic (exact) mass is 675 g/mol. The standard InChI is InChI=1S/C27H20Cl2F3N3OS.C2HF3O2/c28-20-7-4-18(5-8-20)27(36,25-33-11-13-37-25)19-6-9-22-23(15-19)35(24(34-22)16-26(30,31)32)12-10-17-2-1-3-21(29)14-17;3-2(4,5)1(6)7/h1-9,11,13-15,36H,10,12,16H2;(H,6,7). The zero-order chi connectivity index (χ0) is 32.3. The number of aliphatic hydroxyl groups is 1. The van der Waals surface area contributed by atoms with Crippen LogP contribution in [0, 0.1) is 0 Å². The van der Waals surface area contributed by atoms with E-state index in [4.69, 9.17) is 33.1 Å². The second-order valence-electron chi connectivity index (χ2n) is 9.41. The van der Waals surface area contributed by atoms with Crippen molar-refractivity contribution in [3.05, 3.63) is 116 Å². The fraction of sp³-hybridized carbons (Fsp3) is 0.207. The molecule has 3 aromatic carbocycles. The summed E-state index contributed by atoms with van der Waals surface area (Å²) in [5.41, 5.74) is 1.14. The zero-order valence-electron chi connectivity index (χ0n) is 22.2. The Morgan fingerprint density at radius 2 is 1.57 bits per heavy atom. The molecule has 0 saturated carbocycles. The average molecular weight is 676 g/mol. The van der Waals surface area contributed by atoms with Gasteiger partial charge >= 0.3 is 18.3 Å². The number of aryl methyl sites for hydroxylation is 2. The molecule has 0 aliphatic rings. The van der Waals surface area contributed by atoms with Crippen molar-refractivity contribution in [2.45, 2.75) is 37.3 Å². The number of hydrogen-bond acceptors (Lipinski definition) is 5. The van der Waals surface area contributed by atoms with Crippen molar-refractivity contribution in [2.24, 2.45) is 0 Å². The highest BCUT2D eigenvalue weighted by molar-refractivity contribution is 7.09. The fourth-order valence-electron chi connectivity index (χ4n) is 4.40.